The van der Waals surface area contributed by atoms with Crippen molar-refractivity contribution in [3.8, 4) is 5.75 Å². The molecule has 0 fully saturated rings. The zero-order chi connectivity index (χ0) is 20.7. The molecule has 1 N–H and O–H groups in total. The molecule has 0 radical (unpaired) electrons. The average molecular weight is 405 g/mol. The van der Waals surface area contributed by atoms with Gasteiger partial charge in [0.1, 0.15) is 12.3 Å². The van der Waals surface area contributed by atoms with Crippen LogP contribution < -0.4 is 14.4 Å². The molecule has 0 bridgehead atoms. The van der Waals surface area contributed by atoms with E-state index in [0.717, 1.165) is 21.7 Å². The van der Waals surface area contributed by atoms with Gasteiger partial charge in [-0.25, -0.2) is 8.42 Å². The number of hydrogen-bond donors (Lipinski definition) is 1. The Labute approximate surface area is 167 Å². The topological polar surface area (TPSA) is 75.7 Å². The lowest BCUT2D eigenvalue weighted by molar-refractivity contribution is -0.120. The van der Waals surface area contributed by atoms with Crippen molar-refractivity contribution in [1.82, 2.24) is 5.32 Å². The first-order valence-corrected chi connectivity index (χ1v) is 11.2. The standard InChI is InChI=1S/C21H28N2O4S/c1-5-18(17-13-11-16(3)12-14-17)22-21(24)15-23(28(4,25)26)19-9-7-8-10-20(19)27-6-2/h7-14,18H,5-6,15H2,1-4H3,(H,22,24)/t18-/m0/s1. The lowest BCUT2D eigenvalue weighted by atomic mass is 10.0. The number of nitrogens with zero attached hydrogens (tertiary/aromatic N) is 1. The van der Waals surface area contributed by atoms with Crippen LogP contribution in [0.5, 0.6) is 5.75 Å². The Morgan fingerprint density at radius 1 is 1.11 bits per heavy atom. The molecular formula is C21H28N2O4S. The Kier molecular flexibility index (Phi) is 7.45. The zero-order valence-corrected chi connectivity index (χ0v) is 17.6. The fraction of sp³-hybridized carbons (Fsp3) is 0.381. The van der Waals surface area contributed by atoms with E-state index in [-0.39, 0.29) is 18.5 Å². The van der Waals surface area contributed by atoms with Gasteiger partial charge < -0.3 is 10.1 Å². The largest absolute Gasteiger partial charge is 0.492 e. The molecule has 2 aromatic carbocycles. The maximum absolute atomic E-state index is 12.7. The molecular weight excluding hydrogens is 376 g/mol. The van der Waals surface area contributed by atoms with Crippen LogP contribution in [0.2, 0.25) is 0 Å². The number of sulfonamides is 1. The molecule has 0 unspecified atom stereocenters. The molecule has 0 aromatic heterocycles. The highest BCUT2D eigenvalue weighted by Gasteiger charge is 2.25. The predicted molar refractivity (Wildman–Crippen MR) is 112 cm³/mol. The molecule has 0 saturated heterocycles. The Bertz CT molecular complexity index is 895. The van der Waals surface area contributed by atoms with E-state index in [4.69, 9.17) is 4.74 Å². The first kappa shape index (κ1) is 21.8. The summed E-state index contributed by atoms with van der Waals surface area (Å²) < 4.78 is 31.4. The van der Waals surface area contributed by atoms with E-state index >= 15 is 0 Å². The summed E-state index contributed by atoms with van der Waals surface area (Å²) in [6.07, 6.45) is 1.78. The number of amides is 1. The van der Waals surface area contributed by atoms with Crippen LogP contribution in [0.1, 0.15) is 37.4 Å². The van der Waals surface area contributed by atoms with Crippen molar-refractivity contribution in [2.24, 2.45) is 0 Å². The van der Waals surface area contributed by atoms with Crippen LogP contribution in [0.25, 0.3) is 0 Å². The molecule has 7 heteroatoms. The summed E-state index contributed by atoms with van der Waals surface area (Å²) in [5.74, 6) is 0.0537. The minimum Gasteiger partial charge on any atom is -0.492 e. The van der Waals surface area contributed by atoms with E-state index in [1.165, 1.54) is 0 Å². The Balaban J connectivity index is 2.23. The fourth-order valence-electron chi connectivity index (χ4n) is 2.91. The van der Waals surface area contributed by atoms with Crippen LogP contribution in [-0.4, -0.2) is 33.7 Å². The van der Waals surface area contributed by atoms with Crippen LogP contribution in [0.15, 0.2) is 48.5 Å². The Morgan fingerprint density at radius 2 is 1.75 bits per heavy atom. The highest BCUT2D eigenvalue weighted by molar-refractivity contribution is 7.92. The van der Waals surface area contributed by atoms with Gasteiger partial charge in [-0.15, -0.1) is 0 Å². The molecule has 28 heavy (non-hydrogen) atoms. The molecule has 2 rings (SSSR count). The second-order valence-electron chi connectivity index (χ2n) is 6.61. The normalized spacial score (nSPS) is 12.3. The van der Waals surface area contributed by atoms with Crippen LogP contribution in [0.4, 0.5) is 5.69 Å². The maximum atomic E-state index is 12.7. The van der Waals surface area contributed by atoms with Gasteiger partial charge in [0, 0.05) is 0 Å². The van der Waals surface area contributed by atoms with Gasteiger partial charge >= 0.3 is 0 Å². The van der Waals surface area contributed by atoms with Crippen molar-refractivity contribution in [2.45, 2.75) is 33.2 Å². The molecule has 6 nitrogen and oxygen atoms in total. The average Bonchev–Trinajstić information content (AvgIpc) is 2.65. The third-order valence-corrected chi connectivity index (χ3v) is 5.47. The van der Waals surface area contributed by atoms with E-state index in [1.807, 2.05) is 45.0 Å². The second-order valence-corrected chi connectivity index (χ2v) is 8.52. The molecule has 2 aromatic rings. The molecule has 0 aliphatic carbocycles. The van der Waals surface area contributed by atoms with Crippen LogP contribution in [0, 0.1) is 6.92 Å². The van der Waals surface area contributed by atoms with Gasteiger partial charge in [0.25, 0.3) is 0 Å². The van der Waals surface area contributed by atoms with Crippen LogP contribution >= 0.6 is 0 Å². The monoisotopic (exact) mass is 404 g/mol. The summed E-state index contributed by atoms with van der Waals surface area (Å²) in [5, 5.41) is 2.94. The molecule has 0 saturated carbocycles. The first-order chi connectivity index (χ1) is 13.3. The summed E-state index contributed by atoms with van der Waals surface area (Å²) in [5.41, 5.74) is 2.48. The number of anilines is 1. The van der Waals surface area contributed by atoms with Gasteiger partial charge in [-0.3, -0.25) is 9.10 Å². The van der Waals surface area contributed by atoms with Gasteiger partial charge in [0.2, 0.25) is 15.9 Å². The number of rotatable bonds is 9. The van der Waals surface area contributed by atoms with Crippen molar-refractivity contribution in [3.05, 3.63) is 59.7 Å². The molecule has 0 heterocycles. The van der Waals surface area contributed by atoms with Crippen LogP contribution in [-0.2, 0) is 14.8 Å². The quantitative estimate of drug-likeness (QED) is 0.695. The summed E-state index contributed by atoms with van der Waals surface area (Å²) >= 11 is 0. The number of aryl methyl sites for hydroxylation is 1. The molecule has 152 valence electrons. The van der Waals surface area contributed by atoms with E-state index < -0.39 is 10.0 Å². The number of hydrogen-bond acceptors (Lipinski definition) is 4. The second kappa shape index (κ2) is 9.59. The number of benzene rings is 2. The Morgan fingerprint density at radius 3 is 2.32 bits per heavy atom. The van der Waals surface area contributed by atoms with Crippen molar-refractivity contribution in [2.75, 3.05) is 23.7 Å². The first-order valence-electron chi connectivity index (χ1n) is 9.31. The fourth-order valence-corrected chi connectivity index (χ4v) is 3.77. The van der Waals surface area contributed by atoms with Crippen molar-refractivity contribution in [1.29, 1.82) is 0 Å². The van der Waals surface area contributed by atoms with E-state index in [0.29, 0.717) is 24.5 Å². The summed E-state index contributed by atoms with van der Waals surface area (Å²) in [7, 11) is -3.67. The summed E-state index contributed by atoms with van der Waals surface area (Å²) in [4.78, 5) is 12.7. The van der Waals surface area contributed by atoms with Crippen molar-refractivity contribution in [3.63, 3.8) is 0 Å². The number of carbonyl (C=O) groups is 1. The smallest absolute Gasteiger partial charge is 0.241 e. The highest BCUT2D eigenvalue weighted by Crippen LogP contribution is 2.29. The van der Waals surface area contributed by atoms with E-state index in [2.05, 4.69) is 5.32 Å². The van der Waals surface area contributed by atoms with Gasteiger partial charge in [-0.1, -0.05) is 48.9 Å². The third-order valence-electron chi connectivity index (χ3n) is 4.34. The lowest BCUT2D eigenvalue weighted by Gasteiger charge is -2.25. The van der Waals surface area contributed by atoms with Crippen molar-refractivity contribution >= 4 is 21.6 Å². The van der Waals surface area contributed by atoms with Gasteiger partial charge in [-0.05, 0) is 38.0 Å². The number of carbonyl (C=O) groups excluding carboxylic acids is 1. The minimum atomic E-state index is -3.67. The van der Waals surface area contributed by atoms with E-state index in [1.54, 1.807) is 24.3 Å². The van der Waals surface area contributed by atoms with Gasteiger partial charge in [0.15, 0.2) is 0 Å². The maximum Gasteiger partial charge on any atom is 0.241 e. The lowest BCUT2D eigenvalue weighted by Crippen LogP contribution is -2.41. The highest BCUT2D eigenvalue weighted by atomic mass is 32.2. The molecule has 1 amide bonds. The molecule has 1 atom stereocenters. The van der Waals surface area contributed by atoms with Crippen LogP contribution in [0.3, 0.4) is 0 Å². The number of para-hydroxylation sites is 2. The number of nitrogens with one attached hydrogen (secondary N) is 1. The minimum absolute atomic E-state index is 0.184. The van der Waals surface area contributed by atoms with Gasteiger partial charge in [0.05, 0.1) is 24.6 Å². The third kappa shape index (κ3) is 5.73. The summed E-state index contributed by atoms with van der Waals surface area (Å²) in [6.45, 7) is 5.88. The zero-order valence-electron chi connectivity index (χ0n) is 16.8. The SMILES string of the molecule is CCOc1ccccc1N(CC(=O)N[C@@H](CC)c1ccc(C)cc1)S(C)(=O)=O. The predicted octanol–water partition coefficient (Wildman–Crippen LogP) is 3.43. The summed E-state index contributed by atoms with van der Waals surface area (Å²) in [6, 6.07) is 14.6. The van der Waals surface area contributed by atoms with E-state index in [9.17, 15) is 13.2 Å². The Hall–Kier alpha value is -2.54. The molecule has 0 aliphatic heterocycles. The number of ether oxygens (including phenoxy) is 1. The molecule has 0 aliphatic rings. The molecule has 0 spiro atoms. The van der Waals surface area contributed by atoms with Crippen molar-refractivity contribution < 1.29 is 17.9 Å². The van der Waals surface area contributed by atoms with Gasteiger partial charge in [-0.2, -0.15) is 0 Å².